The summed E-state index contributed by atoms with van der Waals surface area (Å²) in [5, 5.41) is 8.75. The van der Waals surface area contributed by atoms with Gasteiger partial charge in [-0.05, 0) is 24.7 Å². The van der Waals surface area contributed by atoms with Crippen LogP contribution in [-0.4, -0.2) is 11.1 Å². The Morgan fingerprint density at radius 3 is 2.55 bits per heavy atom. The summed E-state index contributed by atoms with van der Waals surface area (Å²) < 4.78 is 0. The van der Waals surface area contributed by atoms with Crippen molar-refractivity contribution in [2.45, 2.75) is 33.1 Å². The van der Waals surface area contributed by atoms with Gasteiger partial charge in [0.1, 0.15) is 0 Å². The Morgan fingerprint density at radius 1 is 1.64 bits per heavy atom. The number of hydrogen-bond donors (Lipinski definition) is 1. The predicted octanol–water partition coefficient (Wildman–Crippen LogP) is 2.14. The predicted molar refractivity (Wildman–Crippen MR) is 43.3 cm³/mol. The summed E-state index contributed by atoms with van der Waals surface area (Å²) in [4.78, 5) is 10.6. The van der Waals surface area contributed by atoms with Gasteiger partial charge in [-0.2, -0.15) is 0 Å². The maximum Gasteiger partial charge on any atom is 0.306 e. The summed E-state index contributed by atoms with van der Waals surface area (Å²) in [7, 11) is 0. The lowest BCUT2D eigenvalue weighted by Gasteiger charge is -2.37. The Labute approximate surface area is 67.6 Å². The van der Waals surface area contributed by atoms with Crippen LogP contribution in [0.4, 0.5) is 0 Å². The summed E-state index contributed by atoms with van der Waals surface area (Å²) in [6, 6.07) is 0. The Hall–Kier alpha value is -0.530. The lowest BCUT2D eigenvalue weighted by Crippen LogP contribution is -2.36. The van der Waals surface area contributed by atoms with Gasteiger partial charge in [0, 0.05) is 0 Å². The second kappa shape index (κ2) is 3.24. The zero-order valence-electron chi connectivity index (χ0n) is 7.21. The van der Waals surface area contributed by atoms with E-state index < -0.39 is 5.97 Å². The van der Waals surface area contributed by atoms with Crippen LogP contribution < -0.4 is 0 Å². The Kier molecular flexibility index (Phi) is 2.53. The van der Waals surface area contributed by atoms with Crippen LogP contribution in [0.25, 0.3) is 0 Å². The van der Waals surface area contributed by atoms with Gasteiger partial charge in [0.05, 0.1) is 5.92 Å². The summed E-state index contributed by atoms with van der Waals surface area (Å²) in [6.07, 6.45) is 3.12. The van der Waals surface area contributed by atoms with Gasteiger partial charge in [-0.3, -0.25) is 4.79 Å². The highest BCUT2D eigenvalue weighted by molar-refractivity contribution is 5.71. The van der Waals surface area contributed by atoms with Crippen molar-refractivity contribution in [3.63, 3.8) is 0 Å². The first-order valence-electron chi connectivity index (χ1n) is 4.39. The molecule has 1 saturated carbocycles. The van der Waals surface area contributed by atoms with Crippen molar-refractivity contribution in [2.75, 3.05) is 0 Å². The molecule has 1 rings (SSSR count). The molecule has 2 nitrogen and oxygen atoms in total. The largest absolute Gasteiger partial charge is 0.481 e. The quantitative estimate of drug-likeness (QED) is 0.679. The molecule has 0 saturated heterocycles. The molecule has 0 bridgehead atoms. The number of hydrogen-bond acceptors (Lipinski definition) is 1. The molecule has 3 atom stereocenters. The van der Waals surface area contributed by atoms with E-state index in [9.17, 15) is 4.79 Å². The molecular formula is C9H16O2. The number of rotatable bonds is 3. The van der Waals surface area contributed by atoms with E-state index in [0.717, 1.165) is 19.3 Å². The lowest BCUT2D eigenvalue weighted by molar-refractivity contribution is -0.149. The molecule has 1 fully saturated rings. The van der Waals surface area contributed by atoms with E-state index in [1.54, 1.807) is 0 Å². The molecular weight excluding hydrogens is 140 g/mol. The minimum absolute atomic E-state index is 0.0371. The highest BCUT2D eigenvalue weighted by Crippen LogP contribution is 2.40. The van der Waals surface area contributed by atoms with Crippen molar-refractivity contribution < 1.29 is 9.90 Å². The van der Waals surface area contributed by atoms with E-state index in [4.69, 9.17) is 5.11 Å². The molecule has 0 aromatic heterocycles. The fourth-order valence-electron chi connectivity index (χ4n) is 1.82. The fraction of sp³-hybridized carbons (Fsp3) is 0.889. The van der Waals surface area contributed by atoms with Crippen molar-refractivity contribution in [1.29, 1.82) is 0 Å². The van der Waals surface area contributed by atoms with Crippen LogP contribution in [0.5, 0.6) is 0 Å². The summed E-state index contributed by atoms with van der Waals surface area (Å²) >= 11 is 0. The highest BCUT2D eigenvalue weighted by atomic mass is 16.4. The Bertz CT molecular complexity index is 154. The first-order chi connectivity index (χ1) is 5.16. The number of carboxylic acid groups (broad SMARTS) is 1. The molecule has 0 aromatic rings. The van der Waals surface area contributed by atoms with Gasteiger partial charge in [0.15, 0.2) is 0 Å². The monoisotopic (exact) mass is 156 g/mol. The van der Waals surface area contributed by atoms with Gasteiger partial charge in [-0.25, -0.2) is 0 Å². The smallest absolute Gasteiger partial charge is 0.306 e. The summed E-state index contributed by atoms with van der Waals surface area (Å²) in [6.45, 7) is 4.28. The van der Waals surface area contributed by atoms with Crippen LogP contribution in [0.1, 0.15) is 33.1 Å². The van der Waals surface area contributed by atoms with Crippen molar-refractivity contribution in [3.8, 4) is 0 Å². The molecule has 3 unspecified atom stereocenters. The van der Waals surface area contributed by atoms with Crippen LogP contribution in [0.3, 0.4) is 0 Å². The molecule has 0 aromatic carbocycles. The van der Waals surface area contributed by atoms with Crippen molar-refractivity contribution >= 4 is 5.97 Å². The van der Waals surface area contributed by atoms with E-state index in [-0.39, 0.29) is 5.92 Å². The maximum absolute atomic E-state index is 10.6. The topological polar surface area (TPSA) is 37.3 Å². The third-order valence-corrected chi connectivity index (χ3v) is 3.02. The van der Waals surface area contributed by atoms with Crippen LogP contribution >= 0.6 is 0 Å². The molecule has 1 N–H and O–H groups in total. The Balaban J connectivity index is 2.42. The number of carbonyl (C=O) groups is 1. The van der Waals surface area contributed by atoms with E-state index >= 15 is 0 Å². The van der Waals surface area contributed by atoms with Crippen LogP contribution in [0.2, 0.25) is 0 Å². The fourth-order valence-corrected chi connectivity index (χ4v) is 1.82. The first kappa shape index (κ1) is 8.57. The maximum atomic E-state index is 10.6. The lowest BCUT2D eigenvalue weighted by atomic mass is 9.67. The van der Waals surface area contributed by atoms with Gasteiger partial charge in [0.2, 0.25) is 0 Å². The van der Waals surface area contributed by atoms with Gasteiger partial charge >= 0.3 is 5.97 Å². The molecule has 64 valence electrons. The minimum Gasteiger partial charge on any atom is -0.481 e. The molecule has 0 spiro atoms. The number of aliphatic carboxylic acids is 1. The summed E-state index contributed by atoms with van der Waals surface area (Å²) in [5.41, 5.74) is 0. The zero-order valence-corrected chi connectivity index (χ0v) is 7.21. The summed E-state index contributed by atoms with van der Waals surface area (Å²) in [5.74, 6) is 0.411. The van der Waals surface area contributed by atoms with Crippen molar-refractivity contribution in [3.05, 3.63) is 0 Å². The normalized spacial score (nSPS) is 32.5. The van der Waals surface area contributed by atoms with Gasteiger partial charge in [-0.1, -0.05) is 20.3 Å². The van der Waals surface area contributed by atoms with Gasteiger partial charge in [-0.15, -0.1) is 0 Å². The van der Waals surface area contributed by atoms with E-state index in [0.29, 0.717) is 11.8 Å². The second-order valence-corrected chi connectivity index (χ2v) is 3.57. The van der Waals surface area contributed by atoms with Crippen molar-refractivity contribution in [2.24, 2.45) is 17.8 Å². The molecule has 0 amide bonds. The van der Waals surface area contributed by atoms with Crippen LogP contribution in [-0.2, 0) is 4.79 Å². The average Bonchev–Trinajstić information content (AvgIpc) is 1.83. The van der Waals surface area contributed by atoms with Crippen molar-refractivity contribution in [1.82, 2.24) is 0 Å². The van der Waals surface area contributed by atoms with E-state index in [1.165, 1.54) is 0 Å². The molecule has 0 radical (unpaired) electrons. The van der Waals surface area contributed by atoms with Gasteiger partial charge in [0.25, 0.3) is 0 Å². The molecule has 0 aliphatic heterocycles. The average molecular weight is 156 g/mol. The van der Waals surface area contributed by atoms with E-state index in [2.05, 4.69) is 13.8 Å². The minimum atomic E-state index is -0.596. The first-order valence-corrected chi connectivity index (χ1v) is 4.39. The zero-order chi connectivity index (χ0) is 8.43. The van der Waals surface area contributed by atoms with Gasteiger partial charge < -0.3 is 5.11 Å². The SMILES string of the molecule is CCC(C)C1CCC1C(=O)O. The molecule has 0 heterocycles. The van der Waals surface area contributed by atoms with Crippen LogP contribution in [0, 0.1) is 17.8 Å². The second-order valence-electron chi connectivity index (χ2n) is 3.57. The number of carboxylic acids is 1. The third kappa shape index (κ3) is 1.55. The Morgan fingerprint density at radius 2 is 2.27 bits per heavy atom. The molecule has 1 aliphatic rings. The standard InChI is InChI=1S/C9H16O2/c1-3-6(2)7-4-5-8(7)9(10)11/h6-8H,3-5H2,1-2H3,(H,10,11). The highest BCUT2D eigenvalue weighted by Gasteiger charge is 2.38. The molecule has 1 aliphatic carbocycles. The molecule has 2 heteroatoms. The van der Waals surface area contributed by atoms with Crippen LogP contribution in [0.15, 0.2) is 0 Å². The molecule has 11 heavy (non-hydrogen) atoms. The third-order valence-electron chi connectivity index (χ3n) is 3.02. The van der Waals surface area contributed by atoms with E-state index in [1.807, 2.05) is 0 Å².